The van der Waals surface area contributed by atoms with Crippen LogP contribution in [0.3, 0.4) is 0 Å². The molecule has 0 bridgehead atoms. The van der Waals surface area contributed by atoms with Crippen LogP contribution in [0.1, 0.15) is 97.8 Å². The van der Waals surface area contributed by atoms with Crippen molar-refractivity contribution in [3.05, 3.63) is 0 Å². The maximum atomic E-state index is 5.67. The Labute approximate surface area is 127 Å². The lowest BCUT2D eigenvalue weighted by atomic mass is 10.0. The van der Waals surface area contributed by atoms with Crippen LogP contribution in [-0.2, 0) is 9.47 Å². The van der Waals surface area contributed by atoms with Gasteiger partial charge in [0.05, 0.1) is 6.10 Å². The Kier molecular flexibility index (Phi) is 15.3. The van der Waals surface area contributed by atoms with Gasteiger partial charge in [0.25, 0.3) is 0 Å². The van der Waals surface area contributed by atoms with E-state index in [4.69, 9.17) is 9.47 Å². The van der Waals surface area contributed by atoms with Gasteiger partial charge in [-0.05, 0) is 20.3 Å². The van der Waals surface area contributed by atoms with E-state index >= 15 is 0 Å². The Morgan fingerprint density at radius 3 is 1.60 bits per heavy atom. The first-order chi connectivity index (χ1) is 9.70. The standard InChI is InChI=1S/C18H38O2/c1-5-6-7-8-9-10-11-12-13-14-15-16-17(2)20-18(3)19-4/h17-18H,5-16H2,1-4H3. The number of ether oxygens (including phenoxy) is 2. The molecule has 0 aromatic carbocycles. The molecular formula is C18H38O2. The van der Waals surface area contributed by atoms with Crippen molar-refractivity contribution in [2.75, 3.05) is 7.11 Å². The second-order valence-electron chi connectivity index (χ2n) is 6.07. The molecule has 0 heterocycles. The van der Waals surface area contributed by atoms with Crippen LogP contribution in [0.5, 0.6) is 0 Å². The van der Waals surface area contributed by atoms with Crippen molar-refractivity contribution in [2.45, 2.75) is 110 Å². The maximum absolute atomic E-state index is 5.67. The topological polar surface area (TPSA) is 18.5 Å². The molecule has 0 N–H and O–H groups in total. The molecule has 0 amide bonds. The fourth-order valence-electron chi connectivity index (χ4n) is 2.55. The fraction of sp³-hybridized carbons (Fsp3) is 1.00. The quantitative estimate of drug-likeness (QED) is 0.268. The van der Waals surface area contributed by atoms with Gasteiger partial charge in [0, 0.05) is 7.11 Å². The van der Waals surface area contributed by atoms with Crippen LogP contribution < -0.4 is 0 Å². The molecule has 20 heavy (non-hydrogen) atoms. The van der Waals surface area contributed by atoms with Crippen molar-refractivity contribution in [1.29, 1.82) is 0 Å². The van der Waals surface area contributed by atoms with Crippen molar-refractivity contribution < 1.29 is 9.47 Å². The molecule has 0 aliphatic carbocycles. The second-order valence-corrected chi connectivity index (χ2v) is 6.07. The zero-order valence-corrected chi connectivity index (χ0v) is 14.5. The number of hydrogen-bond donors (Lipinski definition) is 0. The lowest BCUT2D eigenvalue weighted by molar-refractivity contribution is -0.140. The van der Waals surface area contributed by atoms with Gasteiger partial charge in [0.15, 0.2) is 6.29 Å². The second kappa shape index (κ2) is 15.3. The van der Waals surface area contributed by atoms with Gasteiger partial charge in [-0.3, -0.25) is 0 Å². The summed E-state index contributed by atoms with van der Waals surface area (Å²) < 4.78 is 10.8. The van der Waals surface area contributed by atoms with Gasteiger partial charge in [-0.2, -0.15) is 0 Å². The van der Waals surface area contributed by atoms with E-state index in [1.165, 1.54) is 70.6 Å². The van der Waals surface area contributed by atoms with Gasteiger partial charge in [-0.25, -0.2) is 0 Å². The van der Waals surface area contributed by atoms with E-state index in [0.29, 0.717) is 6.10 Å². The molecule has 0 aromatic heterocycles. The largest absolute Gasteiger partial charge is 0.356 e. The summed E-state index contributed by atoms with van der Waals surface area (Å²) in [5, 5.41) is 0. The lowest BCUT2D eigenvalue weighted by Gasteiger charge is -2.17. The molecule has 0 radical (unpaired) electrons. The molecule has 0 rings (SSSR count). The van der Waals surface area contributed by atoms with Gasteiger partial charge in [-0.15, -0.1) is 0 Å². The summed E-state index contributed by atoms with van der Waals surface area (Å²) in [5.41, 5.74) is 0. The first-order valence-electron chi connectivity index (χ1n) is 8.89. The van der Waals surface area contributed by atoms with E-state index in [9.17, 15) is 0 Å². The minimum Gasteiger partial charge on any atom is -0.356 e. The average Bonchev–Trinajstić information content (AvgIpc) is 2.44. The summed E-state index contributed by atoms with van der Waals surface area (Å²) in [7, 11) is 1.69. The molecule has 0 spiro atoms. The molecule has 0 fully saturated rings. The van der Waals surface area contributed by atoms with Gasteiger partial charge in [0.2, 0.25) is 0 Å². The van der Waals surface area contributed by atoms with Gasteiger partial charge in [-0.1, -0.05) is 77.6 Å². The molecule has 0 aliphatic heterocycles. The van der Waals surface area contributed by atoms with Crippen molar-refractivity contribution in [2.24, 2.45) is 0 Å². The van der Waals surface area contributed by atoms with Crippen LogP contribution in [0.2, 0.25) is 0 Å². The molecule has 2 nitrogen and oxygen atoms in total. The van der Waals surface area contributed by atoms with Gasteiger partial charge < -0.3 is 9.47 Å². The first-order valence-corrected chi connectivity index (χ1v) is 8.89. The molecule has 0 aliphatic rings. The monoisotopic (exact) mass is 286 g/mol. The third-order valence-electron chi connectivity index (χ3n) is 3.97. The highest BCUT2D eigenvalue weighted by molar-refractivity contribution is 4.53. The highest BCUT2D eigenvalue weighted by Gasteiger charge is 2.06. The van der Waals surface area contributed by atoms with Crippen LogP contribution in [0, 0.1) is 0 Å². The van der Waals surface area contributed by atoms with E-state index in [0.717, 1.165) is 6.42 Å². The highest BCUT2D eigenvalue weighted by atomic mass is 16.7. The Bertz CT molecular complexity index is 182. The molecule has 2 atom stereocenters. The van der Waals surface area contributed by atoms with Crippen LogP contribution in [-0.4, -0.2) is 19.5 Å². The van der Waals surface area contributed by atoms with Crippen LogP contribution >= 0.6 is 0 Å². The van der Waals surface area contributed by atoms with Crippen LogP contribution in [0.25, 0.3) is 0 Å². The Balaban J connectivity index is 3.12. The Morgan fingerprint density at radius 2 is 1.15 bits per heavy atom. The summed E-state index contributed by atoms with van der Waals surface area (Å²) in [6.07, 6.45) is 16.8. The van der Waals surface area contributed by atoms with Crippen molar-refractivity contribution in [3.63, 3.8) is 0 Å². The lowest BCUT2D eigenvalue weighted by Crippen LogP contribution is -2.18. The number of unbranched alkanes of at least 4 members (excludes halogenated alkanes) is 10. The van der Waals surface area contributed by atoms with Crippen molar-refractivity contribution in [3.8, 4) is 0 Å². The predicted octanol–water partition coefficient (Wildman–Crippen LogP) is 6.09. The van der Waals surface area contributed by atoms with Crippen molar-refractivity contribution >= 4 is 0 Å². The Morgan fingerprint density at radius 1 is 0.700 bits per heavy atom. The minimum atomic E-state index is -0.0716. The average molecular weight is 286 g/mol. The molecule has 122 valence electrons. The number of rotatable bonds is 15. The van der Waals surface area contributed by atoms with E-state index in [1.807, 2.05) is 6.92 Å². The molecule has 0 saturated heterocycles. The highest BCUT2D eigenvalue weighted by Crippen LogP contribution is 2.13. The van der Waals surface area contributed by atoms with Crippen LogP contribution in [0.4, 0.5) is 0 Å². The molecule has 0 saturated carbocycles. The van der Waals surface area contributed by atoms with E-state index in [2.05, 4.69) is 13.8 Å². The van der Waals surface area contributed by atoms with E-state index < -0.39 is 0 Å². The molecular weight excluding hydrogens is 248 g/mol. The first kappa shape index (κ1) is 19.9. The molecule has 2 unspecified atom stereocenters. The van der Waals surface area contributed by atoms with E-state index in [-0.39, 0.29) is 6.29 Å². The zero-order valence-electron chi connectivity index (χ0n) is 14.5. The smallest absolute Gasteiger partial charge is 0.154 e. The summed E-state index contributed by atoms with van der Waals surface area (Å²) in [6.45, 7) is 6.38. The summed E-state index contributed by atoms with van der Waals surface area (Å²) >= 11 is 0. The fourth-order valence-corrected chi connectivity index (χ4v) is 2.55. The van der Waals surface area contributed by atoms with E-state index in [1.54, 1.807) is 7.11 Å². The van der Waals surface area contributed by atoms with Gasteiger partial charge in [0.1, 0.15) is 0 Å². The molecule has 2 heteroatoms. The molecule has 0 aromatic rings. The Hall–Kier alpha value is -0.0800. The third-order valence-corrected chi connectivity index (χ3v) is 3.97. The summed E-state index contributed by atoms with van der Waals surface area (Å²) in [6, 6.07) is 0. The summed E-state index contributed by atoms with van der Waals surface area (Å²) in [4.78, 5) is 0. The van der Waals surface area contributed by atoms with Crippen molar-refractivity contribution in [1.82, 2.24) is 0 Å². The number of hydrogen-bond acceptors (Lipinski definition) is 2. The zero-order chi connectivity index (χ0) is 15.1. The minimum absolute atomic E-state index is 0.0716. The van der Waals surface area contributed by atoms with Crippen LogP contribution in [0.15, 0.2) is 0 Å². The number of methoxy groups -OCH3 is 1. The van der Waals surface area contributed by atoms with Gasteiger partial charge >= 0.3 is 0 Å². The summed E-state index contributed by atoms with van der Waals surface area (Å²) in [5.74, 6) is 0. The SMILES string of the molecule is CCCCCCCCCCCCCC(C)OC(C)OC. The normalized spacial score (nSPS) is 14.4. The maximum Gasteiger partial charge on any atom is 0.154 e. The predicted molar refractivity (Wildman–Crippen MR) is 88.1 cm³/mol. The third kappa shape index (κ3) is 14.3.